The number of piperidine rings is 1. The molecule has 1 unspecified atom stereocenters. The van der Waals surface area contributed by atoms with Gasteiger partial charge in [0.25, 0.3) is 0 Å². The number of aromatic nitrogens is 4. The maximum Gasteiger partial charge on any atom is 0.209 e. The molecule has 0 amide bonds. The molecule has 1 saturated heterocycles. The Morgan fingerprint density at radius 3 is 3.10 bits per heavy atom. The van der Waals surface area contributed by atoms with Gasteiger partial charge in [-0.2, -0.15) is 0 Å². The first-order valence-corrected chi connectivity index (χ1v) is 8.59. The van der Waals surface area contributed by atoms with Crippen LogP contribution >= 0.6 is 11.8 Å². The van der Waals surface area contributed by atoms with Gasteiger partial charge in [0.1, 0.15) is 0 Å². The Morgan fingerprint density at radius 1 is 1.40 bits per heavy atom. The third kappa shape index (κ3) is 4.71. The second-order valence-electron chi connectivity index (χ2n) is 5.31. The van der Waals surface area contributed by atoms with Crippen LogP contribution in [0.25, 0.3) is 0 Å². The molecule has 2 rings (SSSR count). The summed E-state index contributed by atoms with van der Waals surface area (Å²) in [4.78, 5) is 2.50. The fourth-order valence-corrected chi connectivity index (χ4v) is 3.54. The van der Waals surface area contributed by atoms with E-state index < -0.39 is 0 Å². The monoisotopic (exact) mass is 298 g/mol. The summed E-state index contributed by atoms with van der Waals surface area (Å²) in [6.45, 7) is 6.09. The molecule has 20 heavy (non-hydrogen) atoms. The number of tetrazole rings is 1. The number of likely N-dealkylation sites (N-methyl/N-ethyl adjacent to an activating group) is 1. The lowest BCUT2D eigenvalue weighted by atomic mass is 10.0. The first kappa shape index (κ1) is 15.7. The lowest BCUT2D eigenvalue weighted by molar-refractivity contribution is 0.182. The summed E-state index contributed by atoms with van der Waals surface area (Å²) in [5.41, 5.74) is 0. The smallest absolute Gasteiger partial charge is 0.209 e. The summed E-state index contributed by atoms with van der Waals surface area (Å²) < 4.78 is 1.90. The Morgan fingerprint density at radius 2 is 2.30 bits per heavy atom. The highest BCUT2D eigenvalue weighted by molar-refractivity contribution is 7.99. The Kier molecular flexibility index (Phi) is 6.75. The van der Waals surface area contributed by atoms with Crippen molar-refractivity contribution in [2.75, 3.05) is 32.4 Å². The summed E-state index contributed by atoms with van der Waals surface area (Å²) >= 11 is 1.78. The van der Waals surface area contributed by atoms with E-state index in [1.165, 1.54) is 32.2 Å². The maximum atomic E-state index is 4.12. The zero-order valence-electron chi connectivity index (χ0n) is 12.6. The Labute approximate surface area is 125 Å². The van der Waals surface area contributed by atoms with Gasteiger partial charge in [-0.15, -0.1) is 5.10 Å². The van der Waals surface area contributed by atoms with Gasteiger partial charge in [-0.3, -0.25) is 0 Å². The van der Waals surface area contributed by atoms with Crippen molar-refractivity contribution in [3.63, 3.8) is 0 Å². The van der Waals surface area contributed by atoms with Gasteiger partial charge in [-0.25, -0.2) is 4.68 Å². The van der Waals surface area contributed by atoms with Gasteiger partial charge in [0, 0.05) is 18.3 Å². The third-order valence-corrected chi connectivity index (χ3v) is 4.84. The fourth-order valence-electron chi connectivity index (χ4n) is 2.60. The van der Waals surface area contributed by atoms with Crippen LogP contribution in [0.15, 0.2) is 5.16 Å². The molecule has 7 heteroatoms. The minimum atomic E-state index is 0.738. The highest BCUT2D eigenvalue weighted by Crippen LogP contribution is 2.22. The second kappa shape index (κ2) is 8.59. The average Bonchev–Trinajstić information content (AvgIpc) is 2.89. The summed E-state index contributed by atoms with van der Waals surface area (Å²) in [6.07, 6.45) is 5.28. The fraction of sp³-hybridized carbons (Fsp3) is 0.923. The van der Waals surface area contributed by atoms with Crippen LogP contribution < -0.4 is 5.32 Å². The Bertz CT molecular complexity index is 383. The first-order valence-electron chi connectivity index (χ1n) is 7.61. The normalized spacial score (nSPS) is 20.4. The van der Waals surface area contributed by atoms with Gasteiger partial charge < -0.3 is 10.2 Å². The highest BCUT2D eigenvalue weighted by atomic mass is 32.2. The van der Waals surface area contributed by atoms with Crippen molar-refractivity contribution in [1.29, 1.82) is 0 Å². The predicted octanol–water partition coefficient (Wildman–Crippen LogP) is 1.25. The minimum Gasteiger partial charge on any atom is -0.315 e. The van der Waals surface area contributed by atoms with Crippen LogP contribution in [0.1, 0.15) is 32.6 Å². The average molecular weight is 298 g/mol. The van der Waals surface area contributed by atoms with Gasteiger partial charge in [0.2, 0.25) is 5.16 Å². The standard InChI is InChI=1S/C13H26N6S/c1-3-14-8-10-19-13(15-16-17-19)20-11-7-12-6-4-5-9-18(12)2/h12,14H,3-11H2,1-2H3. The van der Waals surface area contributed by atoms with Crippen molar-refractivity contribution in [3.8, 4) is 0 Å². The molecular formula is C13H26N6S. The van der Waals surface area contributed by atoms with Crippen LogP contribution in [0.3, 0.4) is 0 Å². The molecule has 1 aromatic heterocycles. The van der Waals surface area contributed by atoms with Crippen LogP contribution in [-0.4, -0.2) is 63.6 Å². The largest absolute Gasteiger partial charge is 0.315 e. The Balaban J connectivity index is 1.72. The van der Waals surface area contributed by atoms with Crippen molar-refractivity contribution in [2.24, 2.45) is 0 Å². The number of thioether (sulfide) groups is 1. The lowest BCUT2D eigenvalue weighted by Crippen LogP contribution is -2.36. The number of rotatable bonds is 8. The quantitative estimate of drug-likeness (QED) is 0.576. The highest BCUT2D eigenvalue weighted by Gasteiger charge is 2.18. The molecular weight excluding hydrogens is 272 g/mol. The van der Waals surface area contributed by atoms with Crippen molar-refractivity contribution in [2.45, 2.75) is 50.4 Å². The Hall–Kier alpha value is -0.660. The predicted molar refractivity (Wildman–Crippen MR) is 82.0 cm³/mol. The number of hydrogen-bond acceptors (Lipinski definition) is 6. The molecule has 1 aromatic rings. The van der Waals surface area contributed by atoms with Crippen LogP contribution in [0.2, 0.25) is 0 Å². The number of hydrogen-bond donors (Lipinski definition) is 1. The van der Waals surface area contributed by atoms with E-state index in [1.54, 1.807) is 11.8 Å². The van der Waals surface area contributed by atoms with Gasteiger partial charge in [-0.1, -0.05) is 25.1 Å². The molecule has 1 fully saturated rings. The number of nitrogens with one attached hydrogen (secondary N) is 1. The molecule has 6 nitrogen and oxygen atoms in total. The summed E-state index contributed by atoms with van der Waals surface area (Å²) in [5, 5.41) is 16.2. The summed E-state index contributed by atoms with van der Waals surface area (Å²) in [6, 6.07) is 0.738. The van der Waals surface area contributed by atoms with Gasteiger partial charge >= 0.3 is 0 Å². The zero-order chi connectivity index (χ0) is 14.2. The molecule has 1 N–H and O–H groups in total. The van der Waals surface area contributed by atoms with E-state index in [0.29, 0.717) is 0 Å². The van der Waals surface area contributed by atoms with E-state index >= 15 is 0 Å². The van der Waals surface area contributed by atoms with Gasteiger partial charge in [-0.05, 0) is 49.8 Å². The zero-order valence-corrected chi connectivity index (χ0v) is 13.4. The van der Waals surface area contributed by atoms with Crippen molar-refractivity contribution in [3.05, 3.63) is 0 Å². The minimum absolute atomic E-state index is 0.738. The van der Waals surface area contributed by atoms with Crippen LogP contribution in [0.5, 0.6) is 0 Å². The molecule has 114 valence electrons. The number of likely N-dealkylation sites (tertiary alicyclic amines) is 1. The summed E-state index contributed by atoms with van der Waals surface area (Å²) in [7, 11) is 2.25. The maximum absolute atomic E-state index is 4.12. The van der Waals surface area contributed by atoms with Gasteiger partial charge in [0.05, 0.1) is 6.54 Å². The van der Waals surface area contributed by atoms with E-state index in [4.69, 9.17) is 0 Å². The molecule has 0 aromatic carbocycles. The van der Waals surface area contributed by atoms with E-state index in [9.17, 15) is 0 Å². The van der Waals surface area contributed by atoms with Gasteiger partial charge in [0.15, 0.2) is 0 Å². The molecule has 0 aliphatic carbocycles. The molecule has 0 saturated carbocycles. The topological polar surface area (TPSA) is 58.9 Å². The lowest BCUT2D eigenvalue weighted by Gasteiger charge is -2.32. The van der Waals surface area contributed by atoms with Crippen LogP contribution in [0.4, 0.5) is 0 Å². The summed E-state index contributed by atoms with van der Waals surface area (Å²) in [5.74, 6) is 1.09. The third-order valence-electron chi connectivity index (χ3n) is 3.85. The second-order valence-corrected chi connectivity index (χ2v) is 6.37. The molecule has 1 aliphatic rings. The first-order chi connectivity index (χ1) is 9.81. The van der Waals surface area contributed by atoms with Crippen LogP contribution in [0, 0.1) is 0 Å². The molecule has 0 spiro atoms. The number of nitrogens with zero attached hydrogens (tertiary/aromatic N) is 5. The van der Waals surface area contributed by atoms with E-state index in [2.05, 4.69) is 39.7 Å². The molecule has 0 radical (unpaired) electrons. The molecule has 1 atom stereocenters. The van der Waals surface area contributed by atoms with E-state index in [1.807, 2.05) is 4.68 Å². The van der Waals surface area contributed by atoms with Crippen LogP contribution in [-0.2, 0) is 6.54 Å². The van der Waals surface area contributed by atoms with Crippen molar-refractivity contribution >= 4 is 11.8 Å². The molecule has 2 heterocycles. The SMILES string of the molecule is CCNCCn1nnnc1SCCC1CCCCN1C. The van der Waals surface area contributed by atoms with Crippen molar-refractivity contribution in [1.82, 2.24) is 30.4 Å². The van der Waals surface area contributed by atoms with Crippen molar-refractivity contribution < 1.29 is 0 Å². The molecule has 0 bridgehead atoms. The van der Waals surface area contributed by atoms with E-state index in [-0.39, 0.29) is 0 Å². The molecule has 1 aliphatic heterocycles. The van der Waals surface area contributed by atoms with E-state index in [0.717, 1.165) is 36.6 Å².